The summed E-state index contributed by atoms with van der Waals surface area (Å²) in [6.07, 6.45) is 1.68. The third kappa shape index (κ3) is 1.89. The Morgan fingerprint density at radius 3 is 3.12 bits per heavy atom. The van der Waals surface area contributed by atoms with Gasteiger partial charge in [-0.3, -0.25) is 4.79 Å². The molecule has 2 rings (SSSR count). The summed E-state index contributed by atoms with van der Waals surface area (Å²) in [7, 11) is 0. The Balaban J connectivity index is 2.27. The smallest absolute Gasteiger partial charge is 0.235 e. The minimum atomic E-state index is -0.165. The van der Waals surface area contributed by atoms with Crippen LogP contribution in [0.1, 0.15) is 29.2 Å². The Hall–Kier alpha value is -1.53. The zero-order valence-electron chi connectivity index (χ0n) is 8.66. The normalized spacial score (nSPS) is 17.6. The van der Waals surface area contributed by atoms with E-state index in [9.17, 15) is 4.79 Å². The average Bonchev–Trinajstić information content (AvgIpc) is 2.72. The Morgan fingerprint density at radius 2 is 2.44 bits per heavy atom. The lowest BCUT2D eigenvalue weighted by Gasteiger charge is -2.12. The summed E-state index contributed by atoms with van der Waals surface area (Å²) in [5.41, 5.74) is 2.82. The summed E-state index contributed by atoms with van der Waals surface area (Å²) in [4.78, 5) is 11.2. The molecule has 0 fully saturated rings. The Morgan fingerprint density at radius 1 is 1.62 bits per heavy atom. The van der Waals surface area contributed by atoms with Crippen LogP contribution in [0.15, 0.2) is 18.2 Å². The van der Waals surface area contributed by atoms with E-state index in [2.05, 4.69) is 11.4 Å². The number of carbonyl (C=O) groups is 1. The molecule has 1 aliphatic rings. The van der Waals surface area contributed by atoms with Crippen LogP contribution in [-0.2, 0) is 11.2 Å². The van der Waals surface area contributed by atoms with Crippen molar-refractivity contribution < 1.29 is 4.79 Å². The summed E-state index contributed by atoms with van der Waals surface area (Å²) >= 11 is 5.45. The van der Waals surface area contributed by atoms with Gasteiger partial charge in [0.15, 0.2) is 0 Å². The van der Waals surface area contributed by atoms with Crippen molar-refractivity contribution >= 4 is 17.5 Å². The monoisotopic (exact) mass is 234 g/mol. The summed E-state index contributed by atoms with van der Waals surface area (Å²) in [6, 6.07) is 7.81. The first-order valence-electron chi connectivity index (χ1n) is 5.13. The molecule has 1 aromatic rings. The zero-order valence-corrected chi connectivity index (χ0v) is 9.42. The number of hydrogen-bond donors (Lipinski definition) is 1. The van der Waals surface area contributed by atoms with E-state index in [1.54, 1.807) is 0 Å². The van der Waals surface area contributed by atoms with Gasteiger partial charge < -0.3 is 5.32 Å². The molecule has 0 spiro atoms. The van der Waals surface area contributed by atoms with Gasteiger partial charge in [0, 0.05) is 0 Å². The molecule has 0 radical (unpaired) electrons. The Kier molecular flexibility index (Phi) is 3.12. The van der Waals surface area contributed by atoms with Crippen molar-refractivity contribution in [3.05, 3.63) is 34.9 Å². The van der Waals surface area contributed by atoms with E-state index < -0.39 is 0 Å². The van der Waals surface area contributed by atoms with Crippen LogP contribution in [0.4, 0.5) is 0 Å². The largest absolute Gasteiger partial charge is 0.348 e. The number of halogens is 1. The highest BCUT2D eigenvalue weighted by Gasteiger charge is 2.25. The molecular formula is C12H11ClN2O. The van der Waals surface area contributed by atoms with Gasteiger partial charge in [0.25, 0.3) is 0 Å². The fourth-order valence-electron chi connectivity index (χ4n) is 2.14. The highest BCUT2D eigenvalue weighted by molar-refractivity contribution is 6.27. The van der Waals surface area contributed by atoms with Gasteiger partial charge in [0.1, 0.15) is 5.88 Å². The molecule has 0 aliphatic heterocycles. The summed E-state index contributed by atoms with van der Waals surface area (Å²) in [6.45, 7) is 0. The number of nitrogens with one attached hydrogen (secondary N) is 1. The van der Waals surface area contributed by atoms with Crippen LogP contribution < -0.4 is 5.32 Å². The predicted octanol–water partition coefficient (Wildman–Crippen LogP) is 1.90. The minimum absolute atomic E-state index is 0.00884. The molecule has 1 atom stereocenters. The van der Waals surface area contributed by atoms with Gasteiger partial charge in [-0.15, -0.1) is 11.6 Å². The van der Waals surface area contributed by atoms with Crippen molar-refractivity contribution in [2.75, 3.05) is 5.88 Å². The zero-order chi connectivity index (χ0) is 11.5. The van der Waals surface area contributed by atoms with E-state index in [4.69, 9.17) is 16.9 Å². The van der Waals surface area contributed by atoms with E-state index in [0.29, 0.717) is 5.56 Å². The topological polar surface area (TPSA) is 52.9 Å². The number of rotatable bonds is 2. The number of fused-ring (bicyclic) bond motifs is 1. The van der Waals surface area contributed by atoms with E-state index in [-0.39, 0.29) is 17.8 Å². The van der Waals surface area contributed by atoms with Crippen molar-refractivity contribution in [3.8, 4) is 6.07 Å². The fraction of sp³-hybridized carbons (Fsp3) is 0.333. The van der Waals surface area contributed by atoms with Crippen molar-refractivity contribution in [1.82, 2.24) is 5.32 Å². The number of amides is 1. The number of carbonyl (C=O) groups excluding carboxylic acids is 1. The van der Waals surface area contributed by atoms with E-state index in [1.165, 1.54) is 0 Å². The third-order valence-electron chi connectivity index (χ3n) is 2.85. The van der Waals surface area contributed by atoms with Crippen LogP contribution in [-0.4, -0.2) is 11.8 Å². The fourth-order valence-corrected chi connectivity index (χ4v) is 2.22. The van der Waals surface area contributed by atoms with Gasteiger partial charge in [-0.2, -0.15) is 5.26 Å². The molecule has 0 bridgehead atoms. The second-order valence-corrected chi connectivity index (χ2v) is 4.04. The number of nitriles is 1. The molecule has 0 saturated carbocycles. The summed E-state index contributed by atoms with van der Waals surface area (Å²) in [5.74, 6) is -0.189. The van der Waals surface area contributed by atoms with Crippen molar-refractivity contribution in [3.63, 3.8) is 0 Å². The number of hydrogen-bond acceptors (Lipinski definition) is 2. The molecule has 0 unspecified atom stereocenters. The summed E-state index contributed by atoms with van der Waals surface area (Å²) in [5, 5.41) is 11.8. The maximum atomic E-state index is 11.2. The highest BCUT2D eigenvalue weighted by Crippen LogP contribution is 2.32. The molecular weight excluding hydrogens is 224 g/mol. The van der Waals surface area contributed by atoms with Crippen LogP contribution in [0, 0.1) is 11.3 Å². The Bertz CT molecular complexity index is 465. The molecule has 3 nitrogen and oxygen atoms in total. The molecule has 1 aliphatic carbocycles. The first-order valence-corrected chi connectivity index (χ1v) is 5.67. The van der Waals surface area contributed by atoms with Crippen LogP contribution in [0.5, 0.6) is 0 Å². The molecule has 0 heterocycles. The SMILES string of the molecule is N#Cc1cccc2c1CC[C@H]2NC(=O)CCl. The molecule has 16 heavy (non-hydrogen) atoms. The first kappa shape index (κ1) is 11.0. The van der Waals surface area contributed by atoms with Gasteiger partial charge in [0.05, 0.1) is 17.7 Å². The van der Waals surface area contributed by atoms with Gasteiger partial charge in [-0.1, -0.05) is 12.1 Å². The molecule has 82 valence electrons. The molecule has 1 aromatic carbocycles. The lowest BCUT2D eigenvalue weighted by molar-refractivity contribution is -0.119. The number of nitrogens with zero attached hydrogens (tertiary/aromatic N) is 1. The predicted molar refractivity (Wildman–Crippen MR) is 61.1 cm³/mol. The first-order chi connectivity index (χ1) is 7.76. The van der Waals surface area contributed by atoms with Crippen LogP contribution in [0.3, 0.4) is 0 Å². The molecule has 1 N–H and O–H groups in total. The maximum Gasteiger partial charge on any atom is 0.235 e. The average molecular weight is 235 g/mol. The number of alkyl halides is 1. The van der Waals surface area contributed by atoms with Gasteiger partial charge in [-0.05, 0) is 30.0 Å². The van der Waals surface area contributed by atoms with E-state index in [1.807, 2.05) is 18.2 Å². The molecule has 1 amide bonds. The summed E-state index contributed by atoms with van der Waals surface area (Å²) < 4.78 is 0. The Labute approximate surface area is 99.0 Å². The van der Waals surface area contributed by atoms with E-state index >= 15 is 0 Å². The lowest BCUT2D eigenvalue weighted by atomic mass is 10.0. The van der Waals surface area contributed by atoms with Crippen LogP contribution >= 0.6 is 11.6 Å². The van der Waals surface area contributed by atoms with Gasteiger partial charge in [-0.25, -0.2) is 0 Å². The quantitative estimate of drug-likeness (QED) is 0.795. The second-order valence-electron chi connectivity index (χ2n) is 3.78. The van der Waals surface area contributed by atoms with Crippen molar-refractivity contribution in [1.29, 1.82) is 5.26 Å². The van der Waals surface area contributed by atoms with Crippen molar-refractivity contribution in [2.45, 2.75) is 18.9 Å². The van der Waals surface area contributed by atoms with Gasteiger partial charge in [0.2, 0.25) is 5.91 Å². The third-order valence-corrected chi connectivity index (χ3v) is 3.09. The number of benzene rings is 1. The lowest BCUT2D eigenvalue weighted by Crippen LogP contribution is -2.27. The second kappa shape index (κ2) is 4.54. The standard InChI is InChI=1S/C12H11ClN2O/c13-6-12(16)15-11-5-4-9-8(7-14)2-1-3-10(9)11/h1-3,11H,4-6H2,(H,15,16)/t11-/m1/s1. The maximum absolute atomic E-state index is 11.2. The molecule has 0 saturated heterocycles. The highest BCUT2D eigenvalue weighted by atomic mass is 35.5. The molecule has 4 heteroatoms. The van der Waals surface area contributed by atoms with Gasteiger partial charge >= 0.3 is 0 Å². The van der Waals surface area contributed by atoms with Crippen LogP contribution in [0.2, 0.25) is 0 Å². The molecule has 0 aromatic heterocycles. The van der Waals surface area contributed by atoms with Crippen molar-refractivity contribution in [2.24, 2.45) is 0 Å². The van der Waals surface area contributed by atoms with E-state index in [0.717, 1.165) is 24.0 Å². The minimum Gasteiger partial charge on any atom is -0.348 e. The van der Waals surface area contributed by atoms with Crippen LogP contribution in [0.25, 0.3) is 0 Å².